The summed E-state index contributed by atoms with van der Waals surface area (Å²) in [6.45, 7) is 1.31. The number of nitrogens with one attached hydrogen (secondary N) is 1. The highest BCUT2D eigenvalue weighted by Gasteiger charge is 2.21. The molecule has 3 aromatic rings. The molecule has 0 fully saturated rings. The Morgan fingerprint density at radius 3 is 2.81 bits per heavy atom. The van der Waals surface area contributed by atoms with Gasteiger partial charge in [0, 0.05) is 18.0 Å². The van der Waals surface area contributed by atoms with Crippen molar-refractivity contribution in [3.8, 4) is 17.0 Å². The van der Waals surface area contributed by atoms with E-state index in [1.807, 2.05) is 47.7 Å². The zero-order valence-electron chi connectivity index (χ0n) is 14.0. The van der Waals surface area contributed by atoms with E-state index in [0.717, 1.165) is 23.5 Å². The summed E-state index contributed by atoms with van der Waals surface area (Å²) in [5.74, 6) is 0.693. The van der Waals surface area contributed by atoms with Gasteiger partial charge in [-0.25, -0.2) is 13.4 Å². The summed E-state index contributed by atoms with van der Waals surface area (Å²) in [4.78, 5) is 6.55. The summed E-state index contributed by atoms with van der Waals surface area (Å²) in [6, 6.07) is 14.5. The molecular weight excluding hydrogens is 370 g/mol. The standard InChI is InChI=1S/C18H17N3O3S2/c1-21-9-10-24-17-8-7-14(11-16(17)21)26(22,23)20-18-19-15(12-25-18)13-5-3-2-4-6-13/h2-8,11-12H,9-10H2,1H3,(H,19,20). The van der Waals surface area contributed by atoms with Crippen LogP contribution in [0.5, 0.6) is 5.75 Å². The first kappa shape index (κ1) is 16.9. The molecule has 134 valence electrons. The molecule has 1 aliphatic rings. The highest BCUT2D eigenvalue weighted by Crippen LogP contribution is 2.34. The minimum atomic E-state index is -3.72. The first-order valence-electron chi connectivity index (χ1n) is 8.05. The largest absolute Gasteiger partial charge is 0.490 e. The summed E-state index contributed by atoms with van der Waals surface area (Å²) in [6.07, 6.45) is 0. The number of aromatic nitrogens is 1. The van der Waals surface area contributed by atoms with Crippen molar-refractivity contribution in [1.82, 2.24) is 4.98 Å². The third-order valence-electron chi connectivity index (χ3n) is 4.13. The second-order valence-electron chi connectivity index (χ2n) is 5.91. The predicted molar refractivity (Wildman–Crippen MR) is 104 cm³/mol. The van der Waals surface area contributed by atoms with Gasteiger partial charge in [-0.1, -0.05) is 30.3 Å². The average Bonchev–Trinajstić information content (AvgIpc) is 3.10. The van der Waals surface area contributed by atoms with E-state index in [9.17, 15) is 8.42 Å². The van der Waals surface area contributed by atoms with E-state index in [1.54, 1.807) is 18.2 Å². The van der Waals surface area contributed by atoms with Gasteiger partial charge in [-0.15, -0.1) is 11.3 Å². The normalized spacial score (nSPS) is 13.8. The third kappa shape index (κ3) is 3.25. The number of ether oxygens (including phenoxy) is 1. The van der Waals surface area contributed by atoms with Gasteiger partial charge >= 0.3 is 0 Å². The van der Waals surface area contributed by atoms with Crippen molar-refractivity contribution in [2.75, 3.05) is 29.8 Å². The number of hydrogen-bond acceptors (Lipinski definition) is 6. The molecule has 2 heterocycles. The van der Waals surface area contributed by atoms with Crippen molar-refractivity contribution in [3.05, 3.63) is 53.9 Å². The molecule has 1 aromatic heterocycles. The van der Waals surface area contributed by atoms with Crippen molar-refractivity contribution in [1.29, 1.82) is 0 Å². The van der Waals surface area contributed by atoms with Crippen molar-refractivity contribution in [3.63, 3.8) is 0 Å². The molecule has 4 rings (SSSR count). The summed E-state index contributed by atoms with van der Waals surface area (Å²) in [7, 11) is -1.81. The van der Waals surface area contributed by atoms with Crippen molar-refractivity contribution in [2.45, 2.75) is 4.90 Å². The monoisotopic (exact) mass is 387 g/mol. The number of benzene rings is 2. The number of anilines is 2. The highest BCUT2D eigenvalue weighted by atomic mass is 32.2. The summed E-state index contributed by atoms with van der Waals surface area (Å²) in [5, 5.41) is 2.17. The molecule has 0 bridgehead atoms. The molecule has 1 N–H and O–H groups in total. The van der Waals surface area contributed by atoms with Gasteiger partial charge in [-0.3, -0.25) is 4.72 Å². The van der Waals surface area contributed by atoms with Gasteiger partial charge in [-0.05, 0) is 18.2 Å². The fourth-order valence-electron chi connectivity index (χ4n) is 2.73. The molecule has 1 aliphatic heterocycles. The lowest BCUT2D eigenvalue weighted by molar-refractivity contribution is 0.311. The van der Waals surface area contributed by atoms with Crippen molar-refractivity contribution < 1.29 is 13.2 Å². The van der Waals surface area contributed by atoms with Crippen LogP contribution in [-0.2, 0) is 10.0 Å². The average molecular weight is 387 g/mol. The van der Waals surface area contributed by atoms with Gasteiger partial charge in [0.25, 0.3) is 10.0 Å². The molecule has 8 heteroatoms. The Kier molecular flexibility index (Phi) is 4.29. The Morgan fingerprint density at radius 1 is 1.19 bits per heavy atom. The second kappa shape index (κ2) is 6.62. The Labute approximate surface area is 156 Å². The first-order valence-corrected chi connectivity index (χ1v) is 10.4. The number of hydrogen-bond donors (Lipinski definition) is 1. The maximum Gasteiger partial charge on any atom is 0.263 e. The minimum Gasteiger partial charge on any atom is -0.490 e. The zero-order valence-corrected chi connectivity index (χ0v) is 15.7. The molecule has 0 aliphatic carbocycles. The van der Waals surface area contributed by atoms with Gasteiger partial charge in [0.1, 0.15) is 12.4 Å². The van der Waals surface area contributed by atoms with Crippen LogP contribution in [0.3, 0.4) is 0 Å². The SMILES string of the molecule is CN1CCOc2ccc(S(=O)(=O)Nc3nc(-c4ccccc4)cs3)cc21. The summed E-state index contributed by atoms with van der Waals surface area (Å²) in [5.41, 5.74) is 2.46. The van der Waals surface area contributed by atoms with Crippen LogP contribution >= 0.6 is 11.3 Å². The Bertz CT molecular complexity index is 1030. The van der Waals surface area contributed by atoms with E-state index in [4.69, 9.17) is 4.74 Å². The summed E-state index contributed by atoms with van der Waals surface area (Å²) >= 11 is 1.26. The van der Waals surface area contributed by atoms with Crippen molar-refractivity contribution in [2.24, 2.45) is 0 Å². The van der Waals surface area contributed by atoms with Crippen LogP contribution in [0.4, 0.5) is 10.8 Å². The predicted octanol–water partition coefficient (Wildman–Crippen LogP) is 3.44. The van der Waals surface area contributed by atoms with Gasteiger partial charge < -0.3 is 9.64 Å². The smallest absolute Gasteiger partial charge is 0.263 e. The van der Waals surface area contributed by atoms with Gasteiger partial charge in [0.05, 0.1) is 22.8 Å². The molecule has 6 nitrogen and oxygen atoms in total. The fourth-order valence-corrected chi connectivity index (χ4v) is 4.73. The lowest BCUT2D eigenvalue weighted by Crippen LogP contribution is -2.29. The number of sulfonamides is 1. The van der Waals surface area contributed by atoms with E-state index in [-0.39, 0.29) is 4.90 Å². The van der Waals surface area contributed by atoms with E-state index >= 15 is 0 Å². The number of fused-ring (bicyclic) bond motifs is 1. The number of thiazole rings is 1. The van der Waals surface area contributed by atoms with E-state index in [0.29, 0.717) is 17.5 Å². The lowest BCUT2D eigenvalue weighted by Gasteiger charge is -2.27. The van der Waals surface area contributed by atoms with Crippen LogP contribution in [0.15, 0.2) is 58.8 Å². The second-order valence-corrected chi connectivity index (χ2v) is 8.45. The maximum atomic E-state index is 12.7. The zero-order chi connectivity index (χ0) is 18.1. The quantitative estimate of drug-likeness (QED) is 0.742. The molecule has 26 heavy (non-hydrogen) atoms. The first-order chi connectivity index (χ1) is 12.5. The molecule has 0 spiro atoms. The molecule has 0 saturated carbocycles. The molecule has 2 aromatic carbocycles. The Balaban J connectivity index is 1.60. The summed E-state index contributed by atoms with van der Waals surface area (Å²) < 4.78 is 33.6. The Morgan fingerprint density at radius 2 is 2.00 bits per heavy atom. The van der Waals surface area contributed by atoms with Crippen molar-refractivity contribution >= 4 is 32.2 Å². The number of rotatable bonds is 4. The highest BCUT2D eigenvalue weighted by molar-refractivity contribution is 7.93. The number of nitrogens with zero attached hydrogens (tertiary/aromatic N) is 2. The van der Waals surface area contributed by atoms with Crippen LogP contribution in [0.25, 0.3) is 11.3 Å². The fraction of sp³-hybridized carbons (Fsp3) is 0.167. The lowest BCUT2D eigenvalue weighted by atomic mass is 10.2. The van der Waals surface area contributed by atoms with E-state index < -0.39 is 10.0 Å². The van der Waals surface area contributed by atoms with Crippen LogP contribution in [-0.4, -0.2) is 33.6 Å². The Hall–Kier alpha value is -2.58. The molecule has 0 unspecified atom stereocenters. The van der Waals surface area contributed by atoms with Gasteiger partial charge in [0.15, 0.2) is 5.13 Å². The van der Waals surface area contributed by atoms with E-state index in [1.165, 1.54) is 11.3 Å². The van der Waals surface area contributed by atoms with Crippen LogP contribution in [0.2, 0.25) is 0 Å². The molecule has 0 atom stereocenters. The number of likely N-dealkylation sites (N-methyl/N-ethyl adjacent to an activating group) is 1. The maximum absolute atomic E-state index is 12.7. The van der Waals surface area contributed by atoms with Gasteiger partial charge in [0.2, 0.25) is 0 Å². The molecular formula is C18H17N3O3S2. The van der Waals surface area contributed by atoms with E-state index in [2.05, 4.69) is 9.71 Å². The van der Waals surface area contributed by atoms with Gasteiger partial charge in [-0.2, -0.15) is 0 Å². The topological polar surface area (TPSA) is 71.5 Å². The molecule has 0 radical (unpaired) electrons. The van der Waals surface area contributed by atoms with Crippen LogP contribution < -0.4 is 14.4 Å². The van der Waals surface area contributed by atoms with Crippen LogP contribution in [0.1, 0.15) is 0 Å². The molecule has 0 amide bonds. The third-order valence-corrected chi connectivity index (χ3v) is 6.36. The molecule has 0 saturated heterocycles. The van der Waals surface area contributed by atoms with Crippen LogP contribution in [0, 0.1) is 0 Å². The minimum absolute atomic E-state index is 0.185.